The molecule has 1 rings (SSSR count). The molecule has 0 aliphatic heterocycles. The Kier molecular flexibility index (Phi) is 6.66. The highest BCUT2D eigenvalue weighted by Crippen LogP contribution is 2.01. The highest BCUT2D eigenvalue weighted by molar-refractivity contribution is 5.95. The number of hydrogen-bond acceptors (Lipinski definition) is 4. The van der Waals surface area contributed by atoms with Crippen LogP contribution < -0.4 is 16.2 Å². The molecule has 0 bridgehead atoms. The van der Waals surface area contributed by atoms with Crippen LogP contribution in [0.3, 0.4) is 0 Å². The minimum atomic E-state index is -0.611. The maximum atomic E-state index is 12.7. The number of ether oxygens (including phenoxy) is 1. The summed E-state index contributed by atoms with van der Waals surface area (Å²) in [6, 6.07) is 4.86. The van der Waals surface area contributed by atoms with Crippen molar-refractivity contribution < 1.29 is 23.5 Å². The molecule has 1 aromatic carbocycles. The van der Waals surface area contributed by atoms with E-state index in [9.17, 15) is 18.8 Å². The number of nitrogens with one attached hydrogen (secondary N) is 3. The number of hydrazine groups is 1. The molecule has 8 heteroatoms. The lowest BCUT2D eigenvalue weighted by Gasteiger charge is -2.08. The summed E-state index contributed by atoms with van der Waals surface area (Å²) in [5.74, 6) is -1.51. The molecule has 3 N–H and O–H groups in total. The van der Waals surface area contributed by atoms with E-state index in [2.05, 4.69) is 20.9 Å². The summed E-state index contributed by atoms with van der Waals surface area (Å²) in [5.41, 5.74) is 4.56. The highest BCUT2D eigenvalue weighted by atomic mass is 19.1. The fourth-order valence-corrected chi connectivity index (χ4v) is 1.32. The number of rotatable bonds is 5. The molecule has 0 saturated carbocycles. The molecule has 0 radical (unpaired) electrons. The summed E-state index contributed by atoms with van der Waals surface area (Å²) >= 11 is 0. The molecular weight excluding hydrogens is 281 g/mol. The molecule has 0 unspecified atom stereocenters. The summed E-state index contributed by atoms with van der Waals surface area (Å²) < 4.78 is 17.3. The third-order valence-electron chi connectivity index (χ3n) is 2.32. The second kappa shape index (κ2) is 8.51. The predicted molar refractivity (Wildman–Crippen MR) is 71.7 cm³/mol. The Hall–Kier alpha value is -2.64. The Bertz CT molecular complexity index is 505. The zero-order valence-corrected chi connectivity index (χ0v) is 11.4. The van der Waals surface area contributed by atoms with Gasteiger partial charge in [-0.05, 0) is 31.2 Å². The van der Waals surface area contributed by atoms with Crippen molar-refractivity contribution in [3.63, 3.8) is 0 Å². The summed E-state index contributed by atoms with van der Waals surface area (Å²) in [5, 5.41) is 2.36. The van der Waals surface area contributed by atoms with Crippen molar-refractivity contribution in [2.45, 2.75) is 13.3 Å². The first-order chi connectivity index (χ1) is 10.0. The predicted octanol–water partition coefficient (Wildman–Crippen LogP) is 0.723. The van der Waals surface area contributed by atoms with Crippen molar-refractivity contribution in [3.05, 3.63) is 35.6 Å². The topological polar surface area (TPSA) is 96.5 Å². The monoisotopic (exact) mass is 297 g/mol. The van der Waals surface area contributed by atoms with Crippen molar-refractivity contribution in [1.29, 1.82) is 0 Å². The summed E-state index contributed by atoms with van der Waals surface area (Å²) in [7, 11) is 0. The Balaban J connectivity index is 2.25. The smallest absolute Gasteiger partial charge is 0.407 e. The van der Waals surface area contributed by atoms with Gasteiger partial charge < -0.3 is 10.1 Å². The number of benzene rings is 1. The molecule has 114 valence electrons. The van der Waals surface area contributed by atoms with Crippen LogP contribution in [-0.4, -0.2) is 31.1 Å². The van der Waals surface area contributed by atoms with E-state index in [4.69, 9.17) is 0 Å². The van der Waals surface area contributed by atoms with Crippen LogP contribution in [0.2, 0.25) is 0 Å². The molecule has 3 amide bonds. The summed E-state index contributed by atoms with van der Waals surface area (Å²) in [6.45, 7) is 1.99. The molecular formula is C13H16FN3O4. The third kappa shape index (κ3) is 6.37. The van der Waals surface area contributed by atoms with Gasteiger partial charge in [-0.1, -0.05) is 0 Å². The lowest BCUT2D eigenvalue weighted by Crippen LogP contribution is -2.42. The first-order valence-electron chi connectivity index (χ1n) is 6.28. The minimum Gasteiger partial charge on any atom is -0.450 e. The molecule has 0 spiro atoms. The first kappa shape index (κ1) is 16.4. The standard InChI is InChI=1S/C13H16FN3O4/c1-2-21-13(20)15-8-7-11(18)16-17-12(19)9-3-5-10(14)6-4-9/h3-6H,2,7-8H2,1H3,(H,15,20)(H,16,18)(H,17,19). The van der Waals surface area contributed by atoms with E-state index >= 15 is 0 Å². The largest absolute Gasteiger partial charge is 0.450 e. The first-order valence-corrected chi connectivity index (χ1v) is 6.28. The van der Waals surface area contributed by atoms with Gasteiger partial charge in [-0.3, -0.25) is 20.4 Å². The van der Waals surface area contributed by atoms with Crippen molar-refractivity contribution in [2.75, 3.05) is 13.2 Å². The van der Waals surface area contributed by atoms with Crippen LogP contribution in [0.4, 0.5) is 9.18 Å². The SMILES string of the molecule is CCOC(=O)NCCC(=O)NNC(=O)c1ccc(F)cc1. The van der Waals surface area contributed by atoms with Crippen molar-refractivity contribution in [1.82, 2.24) is 16.2 Å². The van der Waals surface area contributed by atoms with E-state index in [-0.39, 0.29) is 25.1 Å². The van der Waals surface area contributed by atoms with Crippen molar-refractivity contribution >= 4 is 17.9 Å². The lowest BCUT2D eigenvalue weighted by molar-refractivity contribution is -0.121. The van der Waals surface area contributed by atoms with E-state index < -0.39 is 23.7 Å². The maximum absolute atomic E-state index is 12.7. The molecule has 0 aliphatic carbocycles. The number of halogens is 1. The minimum absolute atomic E-state index is 0.0253. The van der Waals surface area contributed by atoms with Gasteiger partial charge in [0.25, 0.3) is 5.91 Å². The normalized spacial score (nSPS) is 9.62. The highest BCUT2D eigenvalue weighted by Gasteiger charge is 2.08. The van der Waals surface area contributed by atoms with E-state index in [1.54, 1.807) is 6.92 Å². The van der Waals surface area contributed by atoms with Gasteiger partial charge in [-0.2, -0.15) is 0 Å². The van der Waals surface area contributed by atoms with Crippen LogP contribution in [0.5, 0.6) is 0 Å². The molecule has 21 heavy (non-hydrogen) atoms. The van der Waals surface area contributed by atoms with Gasteiger partial charge in [0.2, 0.25) is 5.91 Å². The fourth-order valence-electron chi connectivity index (χ4n) is 1.32. The molecule has 0 heterocycles. The Labute approximate surface area is 120 Å². The molecule has 1 aromatic rings. The van der Waals surface area contributed by atoms with E-state index in [0.717, 1.165) is 12.1 Å². The number of amides is 3. The molecule has 0 fully saturated rings. The summed E-state index contributed by atoms with van der Waals surface area (Å²) in [4.78, 5) is 33.9. The maximum Gasteiger partial charge on any atom is 0.407 e. The Morgan fingerprint density at radius 3 is 2.43 bits per heavy atom. The van der Waals surface area contributed by atoms with Crippen LogP contribution in [-0.2, 0) is 9.53 Å². The van der Waals surface area contributed by atoms with Crippen LogP contribution in [0.25, 0.3) is 0 Å². The molecule has 0 aliphatic rings. The van der Waals surface area contributed by atoms with Gasteiger partial charge in [0, 0.05) is 18.5 Å². The van der Waals surface area contributed by atoms with Crippen molar-refractivity contribution in [2.24, 2.45) is 0 Å². The Morgan fingerprint density at radius 1 is 1.14 bits per heavy atom. The van der Waals surface area contributed by atoms with E-state index in [1.165, 1.54) is 12.1 Å². The van der Waals surface area contributed by atoms with E-state index in [1.807, 2.05) is 0 Å². The van der Waals surface area contributed by atoms with Gasteiger partial charge in [0.1, 0.15) is 5.82 Å². The quantitative estimate of drug-likeness (QED) is 0.698. The van der Waals surface area contributed by atoms with Crippen LogP contribution in [0.1, 0.15) is 23.7 Å². The molecule has 0 atom stereocenters. The van der Waals surface area contributed by atoms with Crippen LogP contribution in [0, 0.1) is 5.82 Å². The number of carbonyl (C=O) groups is 3. The molecule has 7 nitrogen and oxygen atoms in total. The lowest BCUT2D eigenvalue weighted by atomic mass is 10.2. The van der Waals surface area contributed by atoms with Gasteiger partial charge in [-0.15, -0.1) is 0 Å². The van der Waals surface area contributed by atoms with Gasteiger partial charge in [0.15, 0.2) is 0 Å². The third-order valence-corrected chi connectivity index (χ3v) is 2.32. The fraction of sp³-hybridized carbons (Fsp3) is 0.308. The zero-order valence-electron chi connectivity index (χ0n) is 11.4. The zero-order chi connectivity index (χ0) is 15.7. The second-order valence-electron chi connectivity index (χ2n) is 3.91. The van der Waals surface area contributed by atoms with E-state index in [0.29, 0.717) is 0 Å². The van der Waals surface area contributed by atoms with Crippen LogP contribution >= 0.6 is 0 Å². The van der Waals surface area contributed by atoms with Gasteiger partial charge in [0.05, 0.1) is 6.61 Å². The van der Waals surface area contributed by atoms with Crippen LogP contribution in [0.15, 0.2) is 24.3 Å². The Morgan fingerprint density at radius 2 is 1.81 bits per heavy atom. The van der Waals surface area contributed by atoms with Gasteiger partial charge >= 0.3 is 6.09 Å². The number of alkyl carbamates (subject to hydrolysis) is 1. The summed E-state index contributed by atoms with van der Waals surface area (Å²) in [6.07, 6.45) is -0.636. The number of hydrogen-bond donors (Lipinski definition) is 3. The molecule has 0 saturated heterocycles. The van der Waals surface area contributed by atoms with Crippen molar-refractivity contribution in [3.8, 4) is 0 Å². The molecule has 0 aromatic heterocycles. The average Bonchev–Trinajstić information content (AvgIpc) is 2.46. The average molecular weight is 297 g/mol. The van der Waals surface area contributed by atoms with Gasteiger partial charge in [-0.25, -0.2) is 9.18 Å². The number of carbonyl (C=O) groups excluding carboxylic acids is 3. The second-order valence-corrected chi connectivity index (χ2v) is 3.91.